The molecule has 112 valence electrons. The van der Waals surface area contributed by atoms with E-state index >= 15 is 0 Å². The number of fused-ring (bicyclic) bond motifs is 1. The average molecular weight is 290 g/mol. The molecule has 2 aromatic rings. The van der Waals surface area contributed by atoms with E-state index in [2.05, 4.69) is 5.10 Å². The fraction of sp³-hybridized carbons (Fsp3) is 0.500. The van der Waals surface area contributed by atoms with Crippen molar-refractivity contribution in [2.45, 2.75) is 13.5 Å². The predicted molar refractivity (Wildman–Crippen MR) is 77.1 cm³/mol. The van der Waals surface area contributed by atoms with Gasteiger partial charge < -0.3 is 14.2 Å². The number of morpholine rings is 1. The van der Waals surface area contributed by atoms with Gasteiger partial charge in [0.05, 0.1) is 18.9 Å². The zero-order valence-electron chi connectivity index (χ0n) is 12.2. The third kappa shape index (κ3) is 2.44. The Kier molecular flexibility index (Phi) is 3.50. The highest BCUT2D eigenvalue weighted by Crippen LogP contribution is 2.12. The van der Waals surface area contributed by atoms with Crippen LogP contribution >= 0.6 is 0 Å². The molecule has 3 rings (SSSR count). The van der Waals surface area contributed by atoms with Crippen molar-refractivity contribution >= 4 is 16.8 Å². The van der Waals surface area contributed by atoms with Crippen LogP contribution in [0.15, 0.2) is 17.1 Å². The van der Waals surface area contributed by atoms with Crippen LogP contribution in [0, 0.1) is 6.92 Å². The number of hydrogen-bond acceptors (Lipinski definition) is 4. The number of pyridine rings is 1. The first kappa shape index (κ1) is 13.8. The topological polar surface area (TPSA) is 69.4 Å². The van der Waals surface area contributed by atoms with Gasteiger partial charge in [0.1, 0.15) is 12.1 Å². The Morgan fingerprint density at radius 1 is 1.38 bits per heavy atom. The molecule has 1 aliphatic heterocycles. The van der Waals surface area contributed by atoms with E-state index in [0.717, 1.165) is 11.1 Å². The van der Waals surface area contributed by atoms with Gasteiger partial charge in [-0.2, -0.15) is 5.10 Å². The van der Waals surface area contributed by atoms with Gasteiger partial charge in [0.25, 0.3) is 5.56 Å². The van der Waals surface area contributed by atoms with Gasteiger partial charge >= 0.3 is 0 Å². The van der Waals surface area contributed by atoms with Crippen LogP contribution in [0.3, 0.4) is 0 Å². The average Bonchev–Trinajstić information content (AvgIpc) is 2.78. The summed E-state index contributed by atoms with van der Waals surface area (Å²) < 4.78 is 8.24. The smallest absolute Gasteiger partial charge is 0.277 e. The lowest BCUT2D eigenvalue weighted by molar-refractivity contribution is -0.135. The molecule has 0 N–H and O–H groups in total. The predicted octanol–water partition coefficient (Wildman–Crippen LogP) is -0.0978. The van der Waals surface area contributed by atoms with Crippen LogP contribution in [0.5, 0.6) is 0 Å². The maximum atomic E-state index is 12.5. The Morgan fingerprint density at radius 3 is 2.81 bits per heavy atom. The fourth-order valence-electron chi connectivity index (χ4n) is 2.68. The van der Waals surface area contributed by atoms with Crippen molar-refractivity contribution in [1.29, 1.82) is 0 Å². The van der Waals surface area contributed by atoms with Gasteiger partial charge in [0, 0.05) is 31.7 Å². The molecular weight excluding hydrogens is 272 g/mol. The zero-order valence-corrected chi connectivity index (χ0v) is 12.2. The van der Waals surface area contributed by atoms with E-state index in [-0.39, 0.29) is 18.0 Å². The summed E-state index contributed by atoms with van der Waals surface area (Å²) >= 11 is 0. The molecule has 0 atom stereocenters. The number of ether oxygens (including phenoxy) is 1. The Morgan fingerprint density at radius 2 is 2.10 bits per heavy atom. The molecule has 7 nitrogen and oxygen atoms in total. The third-order valence-corrected chi connectivity index (χ3v) is 3.82. The maximum absolute atomic E-state index is 12.5. The van der Waals surface area contributed by atoms with Crippen molar-refractivity contribution in [1.82, 2.24) is 19.2 Å². The summed E-state index contributed by atoms with van der Waals surface area (Å²) in [5.41, 5.74) is 1.17. The molecule has 0 unspecified atom stereocenters. The molecule has 21 heavy (non-hydrogen) atoms. The first-order valence-electron chi connectivity index (χ1n) is 6.96. The maximum Gasteiger partial charge on any atom is 0.277 e. The first-order chi connectivity index (χ1) is 10.1. The Labute approximate surface area is 121 Å². The van der Waals surface area contributed by atoms with Crippen LogP contribution in [0.25, 0.3) is 10.9 Å². The van der Waals surface area contributed by atoms with E-state index in [9.17, 15) is 9.59 Å². The molecule has 0 aliphatic carbocycles. The van der Waals surface area contributed by atoms with Gasteiger partial charge in [-0.1, -0.05) is 0 Å². The van der Waals surface area contributed by atoms with Crippen molar-refractivity contribution < 1.29 is 9.53 Å². The second-order valence-electron chi connectivity index (χ2n) is 5.21. The van der Waals surface area contributed by atoms with Crippen LogP contribution in [0.4, 0.5) is 0 Å². The largest absolute Gasteiger partial charge is 0.378 e. The molecule has 0 bridgehead atoms. The van der Waals surface area contributed by atoms with Crippen molar-refractivity contribution in [3.63, 3.8) is 0 Å². The molecule has 0 saturated carbocycles. The fourth-order valence-corrected chi connectivity index (χ4v) is 2.68. The highest BCUT2D eigenvalue weighted by molar-refractivity contribution is 5.81. The van der Waals surface area contributed by atoms with Crippen LogP contribution in [-0.4, -0.2) is 51.5 Å². The molecule has 1 saturated heterocycles. The number of amides is 1. The number of hydrogen-bond donors (Lipinski definition) is 0. The molecule has 3 heterocycles. The Hall–Kier alpha value is -2.15. The standard InChI is InChI=1S/C14H18N4O3/c1-10-11-3-4-18(14(20)13(11)16(2)15-10)9-12(19)17-5-7-21-8-6-17/h3-4H,5-9H2,1-2H3. The van der Waals surface area contributed by atoms with Crippen LogP contribution in [0.1, 0.15) is 5.69 Å². The summed E-state index contributed by atoms with van der Waals surface area (Å²) in [7, 11) is 1.74. The highest BCUT2D eigenvalue weighted by atomic mass is 16.5. The molecule has 0 radical (unpaired) electrons. The quantitative estimate of drug-likeness (QED) is 0.774. The van der Waals surface area contributed by atoms with Gasteiger partial charge in [0.15, 0.2) is 0 Å². The molecule has 0 aromatic carbocycles. The van der Waals surface area contributed by atoms with Gasteiger partial charge in [-0.05, 0) is 13.0 Å². The van der Waals surface area contributed by atoms with E-state index in [0.29, 0.717) is 31.8 Å². The minimum Gasteiger partial charge on any atom is -0.378 e. The monoisotopic (exact) mass is 290 g/mol. The second-order valence-corrected chi connectivity index (χ2v) is 5.21. The number of rotatable bonds is 2. The lowest BCUT2D eigenvalue weighted by Crippen LogP contribution is -2.43. The van der Waals surface area contributed by atoms with E-state index in [4.69, 9.17) is 4.74 Å². The second kappa shape index (κ2) is 5.33. The summed E-state index contributed by atoms with van der Waals surface area (Å²) in [6.07, 6.45) is 1.66. The SMILES string of the molecule is Cc1nn(C)c2c(=O)n(CC(=O)N3CCOCC3)ccc12. The van der Waals surface area contributed by atoms with Crippen molar-refractivity contribution in [3.8, 4) is 0 Å². The lowest BCUT2D eigenvalue weighted by atomic mass is 10.2. The molecule has 1 amide bonds. The molecule has 2 aromatic heterocycles. The number of nitrogens with zero attached hydrogens (tertiary/aromatic N) is 4. The van der Waals surface area contributed by atoms with Crippen LogP contribution < -0.4 is 5.56 Å². The molecule has 1 aliphatic rings. The van der Waals surface area contributed by atoms with E-state index < -0.39 is 0 Å². The summed E-state index contributed by atoms with van der Waals surface area (Å²) in [5, 5.41) is 5.08. The summed E-state index contributed by atoms with van der Waals surface area (Å²) in [6, 6.07) is 1.84. The summed E-state index contributed by atoms with van der Waals surface area (Å²) in [4.78, 5) is 26.5. The first-order valence-corrected chi connectivity index (χ1v) is 6.96. The number of aromatic nitrogens is 3. The van der Waals surface area contributed by atoms with Gasteiger partial charge in [-0.3, -0.25) is 14.3 Å². The van der Waals surface area contributed by atoms with E-state index in [1.807, 2.05) is 13.0 Å². The lowest BCUT2D eigenvalue weighted by Gasteiger charge is -2.27. The minimum atomic E-state index is -0.183. The minimum absolute atomic E-state index is 0.0546. The normalized spacial score (nSPS) is 15.6. The van der Waals surface area contributed by atoms with Crippen molar-refractivity contribution in [2.75, 3.05) is 26.3 Å². The molecule has 1 fully saturated rings. The number of carbonyl (C=O) groups excluding carboxylic acids is 1. The van der Waals surface area contributed by atoms with E-state index in [1.165, 1.54) is 4.57 Å². The third-order valence-electron chi connectivity index (χ3n) is 3.82. The van der Waals surface area contributed by atoms with E-state index in [1.54, 1.807) is 22.8 Å². The number of aryl methyl sites for hydroxylation is 2. The Bertz CT molecular complexity index is 740. The Balaban J connectivity index is 1.90. The highest BCUT2D eigenvalue weighted by Gasteiger charge is 2.18. The van der Waals surface area contributed by atoms with Gasteiger partial charge in [-0.25, -0.2) is 0 Å². The number of carbonyl (C=O) groups is 1. The van der Waals surface area contributed by atoms with Crippen LogP contribution in [-0.2, 0) is 23.1 Å². The zero-order chi connectivity index (χ0) is 15.0. The molecule has 7 heteroatoms. The van der Waals surface area contributed by atoms with Gasteiger partial charge in [-0.15, -0.1) is 0 Å². The van der Waals surface area contributed by atoms with Crippen molar-refractivity contribution in [3.05, 3.63) is 28.3 Å². The molecule has 0 spiro atoms. The molecular formula is C14H18N4O3. The van der Waals surface area contributed by atoms with Crippen molar-refractivity contribution in [2.24, 2.45) is 7.05 Å². The summed E-state index contributed by atoms with van der Waals surface area (Å²) in [5.74, 6) is -0.0568. The van der Waals surface area contributed by atoms with Gasteiger partial charge in [0.2, 0.25) is 5.91 Å². The van der Waals surface area contributed by atoms with Crippen LogP contribution in [0.2, 0.25) is 0 Å². The summed E-state index contributed by atoms with van der Waals surface area (Å²) in [6.45, 7) is 4.20.